The van der Waals surface area contributed by atoms with Crippen LogP contribution in [0.2, 0.25) is 0 Å². The largest absolute Gasteiger partial charge is 0.346 e. The molecular weight excluding hydrogens is 244 g/mol. The Bertz CT molecular complexity index is 355. The summed E-state index contributed by atoms with van der Waals surface area (Å²) in [5.74, 6) is 0. The smallest absolute Gasteiger partial charge is 0.185 e. The summed E-state index contributed by atoms with van der Waals surface area (Å²) in [7, 11) is 0. The number of thiazole rings is 1. The zero-order valence-electron chi connectivity index (χ0n) is 11.1. The minimum atomic E-state index is 0.934. The van der Waals surface area contributed by atoms with Gasteiger partial charge in [0, 0.05) is 50.8 Å². The van der Waals surface area contributed by atoms with Crippen LogP contribution in [0.25, 0.3) is 0 Å². The number of hydrogen-bond acceptors (Lipinski definition) is 5. The van der Waals surface area contributed by atoms with Gasteiger partial charge in [-0.1, -0.05) is 13.5 Å². The Balaban J connectivity index is 1.72. The van der Waals surface area contributed by atoms with Crippen LogP contribution in [0.15, 0.2) is 23.7 Å². The van der Waals surface area contributed by atoms with Gasteiger partial charge in [0.05, 0.1) is 0 Å². The minimum absolute atomic E-state index is 0.934. The molecule has 1 aromatic rings. The summed E-state index contributed by atoms with van der Waals surface area (Å²) in [6, 6.07) is 0. The molecule has 1 fully saturated rings. The molecule has 1 aliphatic heterocycles. The predicted octanol–water partition coefficient (Wildman–Crippen LogP) is 1.43. The molecule has 100 valence electrons. The summed E-state index contributed by atoms with van der Waals surface area (Å²) < 4.78 is 0. The summed E-state index contributed by atoms with van der Waals surface area (Å²) in [6.45, 7) is 13.6. The average molecular weight is 266 g/mol. The zero-order chi connectivity index (χ0) is 12.8. The van der Waals surface area contributed by atoms with E-state index in [-0.39, 0.29) is 0 Å². The number of likely N-dealkylation sites (N-methyl/N-ethyl adjacent to an activating group) is 1. The van der Waals surface area contributed by atoms with E-state index in [1.165, 1.54) is 5.57 Å². The Morgan fingerprint density at radius 1 is 1.44 bits per heavy atom. The van der Waals surface area contributed by atoms with Crippen molar-refractivity contribution >= 4 is 16.5 Å². The highest BCUT2D eigenvalue weighted by Crippen LogP contribution is 2.18. The van der Waals surface area contributed by atoms with Crippen LogP contribution in [0.1, 0.15) is 6.92 Å². The molecule has 0 aromatic carbocycles. The Labute approximate surface area is 113 Å². The SMILES string of the molecule is C=C(CNCC)CN1CCN(c2nccs2)CC1. The second-order valence-electron chi connectivity index (χ2n) is 4.61. The Morgan fingerprint density at radius 2 is 2.22 bits per heavy atom. The van der Waals surface area contributed by atoms with Gasteiger partial charge in [0.25, 0.3) is 0 Å². The van der Waals surface area contributed by atoms with E-state index < -0.39 is 0 Å². The maximum absolute atomic E-state index is 4.36. The lowest BCUT2D eigenvalue weighted by atomic mass is 10.2. The quantitative estimate of drug-likeness (QED) is 0.789. The van der Waals surface area contributed by atoms with E-state index in [2.05, 4.69) is 33.6 Å². The van der Waals surface area contributed by atoms with Crippen molar-refractivity contribution in [1.82, 2.24) is 15.2 Å². The first-order chi connectivity index (χ1) is 8.79. The van der Waals surface area contributed by atoms with E-state index in [4.69, 9.17) is 0 Å². The number of hydrogen-bond donors (Lipinski definition) is 1. The Hall–Kier alpha value is -0.910. The maximum atomic E-state index is 4.36. The summed E-state index contributed by atoms with van der Waals surface area (Å²) >= 11 is 1.72. The van der Waals surface area contributed by atoms with Crippen LogP contribution < -0.4 is 10.2 Å². The average Bonchev–Trinajstić information content (AvgIpc) is 2.91. The summed E-state index contributed by atoms with van der Waals surface area (Å²) in [5.41, 5.74) is 1.28. The summed E-state index contributed by atoms with van der Waals surface area (Å²) in [6.07, 6.45) is 1.88. The molecule has 5 heteroatoms. The molecule has 1 aliphatic rings. The van der Waals surface area contributed by atoms with E-state index in [9.17, 15) is 0 Å². The zero-order valence-corrected chi connectivity index (χ0v) is 11.9. The second kappa shape index (κ2) is 6.87. The number of rotatable bonds is 6. The monoisotopic (exact) mass is 266 g/mol. The maximum Gasteiger partial charge on any atom is 0.185 e. The van der Waals surface area contributed by atoms with Crippen molar-refractivity contribution in [1.29, 1.82) is 0 Å². The highest BCUT2D eigenvalue weighted by atomic mass is 32.1. The van der Waals surface area contributed by atoms with Gasteiger partial charge in [-0.15, -0.1) is 11.3 Å². The highest BCUT2D eigenvalue weighted by Gasteiger charge is 2.18. The molecular formula is C13H22N4S. The van der Waals surface area contributed by atoms with E-state index >= 15 is 0 Å². The fourth-order valence-corrected chi connectivity index (χ4v) is 2.84. The Kier molecular flexibility index (Phi) is 5.16. The number of aromatic nitrogens is 1. The molecule has 18 heavy (non-hydrogen) atoms. The summed E-state index contributed by atoms with van der Waals surface area (Å²) in [5, 5.41) is 6.52. The molecule has 2 heterocycles. The number of anilines is 1. The summed E-state index contributed by atoms with van der Waals surface area (Å²) in [4.78, 5) is 9.21. The van der Waals surface area contributed by atoms with E-state index in [0.717, 1.165) is 50.9 Å². The van der Waals surface area contributed by atoms with Crippen LogP contribution in [0, 0.1) is 0 Å². The highest BCUT2D eigenvalue weighted by molar-refractivity contribution is 7.13. The van der Waals surface area contributed by atoms with Gasteiger partial charge in [-0.05, 0) is 12.1 Å². The molecule has 1 aromatic heterocycles. The van der Waals surface area contributed by atoms with Gasteiger partial charge in [0.15, 0.2) is 5.13 Å². The molecule has 0 bridgehead atoms. The van der Waals surface area contributed by atoms with Crippen LogP contribution in [-0.2, 0) is 0 Å². The molecule has 0 unspecified atom stereocenters. The fraction of sp³-hybridized carbons (Fsp3) is 0.615. The van der Waals surface area contributed by atoms with Crippen molar-refractivity contribution in [2.45, 2.75) is 6.92 Å². The lowest BCUT2D eigenvalue weighted by Gasteiger charge is -2.34. The topological polar surface area (TPSA) is 31.4 Å². The molecule has 1 saturated heterocycles. The van der Waals surface area contributed by atoms with E-state index in [0.29, 0.717) is 0 Å². The van der Waals surface area contributed by atoms with E-state index in [1.807, 2.05) is 11.6 Å². The third-order valence-electron chi connectivity index (χ3n) is 3.13. The lowest BCUT2D eigenvalue weighted by molar-refractivity contribution is 0.276. The third kappa shape index (κ3) is 3.80. The molecule has 0 atom stereocenters. The number of nitrogens with zero attached hydrogens (tertiary/aromatic N) is 3. The predicted molar refractivity (Wildman–Crippen MR) is 78.5 cm³/mol. The van der Waals surface area contributed by atoms with Gasteiger partial charge >= 0.3 is 0 Å². The molecule has 1 N–H and O–H groups in total. The van der Waals surface area contributed by atoms with Gasteiger partial charge in [-0.2, -0.15) is 0 Å². The molecule has 0 aliphatic carbocycles. The number of piperazine rings is 1. The minimum Gasteiger partial charge on any atom is -0.346 e. The van der Waals surface area contributed by atoms with Crippen molar-refractivity contribution in [3.63, 3.8) is 0 Å². The first kappa shape index (κ1) is 13.5. The molecule has 0 radical (unpaired) electrons. The van der Waals surface area contributed by atoms with Crippen LogP contribution in [-0.4, -0.2) is 55.7 Å². The normalized spacial score (nSPS) is 17.1. The van der Waals surface area contributed by atoms with Gasteiger partial charge < -0.3 is 10.2 Å². The van der Waals surface area contributed by atoms with Gasteiger partial charge in [0.2, 0.25) is 0 Å². The molecule has 2 rings (SSSR count). The van der Waals surface area contributed by atoms with Gasteiger partial charge in [-0.25, -0.2) is 4.98 Å². The first-order valence-electron chi connectivity index (χ1n) is 6.53. The molecule has 4 nitrogen and oxygen atoms in total. The van der Waals surface area contributed by atoms with Crippen molar-refractivity contribution < 1.29 is 0 Å². The second-order valence-corrected chi connectivity index (χ2v) is 5.48. The molecule has 0 spiro atoms. The van der Waals surface area contributed by atoms with Crippen molar-refractivity contribution in [3.05, 3.63) is 23.7 Å². The number of nitrogens with one attached hydrogen (secondary N) is 1. The molecule has 0 amide bonds. The van der Waals surface area contributed by atoms with Crippen LogP contribution in [0.4, 0.5) is 5.13 Å². The van der Waals surface area contributed by atoms with Crippen LogP contribution in [0.3, 0.4) is 0 Å². The van der Waals surface area contributed by atoms with Crippen LogP contribution in [0.5, 0.6) is 0 Å². The van der Waals surface area contributed by atoms with Gasteiger partial charge in [-0.3, -0.25) is 4.90 Å². The first-order valence-corrected chi connectivity index (χ1v) is 7.41. The van der Waals surface area contributed by atoms with E-state index in [1.54, 1.807) is 11.3 Å². The Morgan fingerprint density at radius 3 is 2.83 bits per heavy atom. The van der Waals surface area contributed by atoms with Gasteiger partial charge in [0.1, 0.15) is 0 Å². The third-order valence-corrected chi connectivity index (χ3v) is 3.97. The van der Waals surface area contributed by atoms with Crippen molar-refractivity contribution in [3.8, 4) is 0 Å². The van der Waals surface area contributed by atoms with Crippen molar-refractivity contribution in [2.24, 2.45) is 0 Å². The standard InChI is InChI=1S/C13H22N4S/c1-3-14-10-12(2)11-16-5-7-17(8-6-16)13-15-4-9-18-13/h4,9,14H,2-3,5-8,10-11H2,1H3. The van der Waals surface area contributed by atoms with Crippen molar-refractivity contribution in [2.75, 3.05) is 50.7 Å². The fourth-order valence-electron chi connectivity index (χ4n) is 2.14. The van der Waals surface area contributed by atoms with Crippen LogP contribution >= 0.6 is 11.3 Å². The lowest BCUT2D eigenvalue weighted by Crippen LogP contribution is -2.47. The molecule has 0 saturated carbocycles.